The van der Waals surface area contributed by atoms with Crippen LogP contribution in [0.25, 0.3) is 0 Å². The van der Waals surface area contributed by atoms with Crippen molar-refractivity contribution in [3.8, 4) is 0 Å². The summed E-state index contributed by atoms with van der Waals surface area (Å²) >= 11 is 0. The van der Waals surface area contributed by atoms with E-state index >= 15 is 0 Å². The summed E-state index contributed by atoms with van der Waals surface area (Å²) in [6.07, 6.45) is 0.923. The van der Waals surface area contributed by atoms with Crippen molar-refractivity contribution in [1.82, 2.24) is 10.6 Å². The van der Waals surface area contributed by atoms with E-state index in [9.17, 15) is 4.79 Å². The second-order valence-electron chi connectivity index (χ2n) is 3.63. The van der Waals surface area contributed by atoms with Gasteiger partial charge in [-0.1, -0.05) is 6.92 Å². The zero-order valence-corrected chi connectivity index (χ0v) is 10.2. The van der Waals surface area contributed by atoms with E-state index in [1.54, 1.807) is 0 Å². The minimum atomic E-state index is 0. The van der Waals surface area contributed by atoms with Gasteiger partial charge in [0.05, 0.1) is 18.6 Å². The predicted octanol–water partition coefficient (Wildman–Crippen LogP) is 0.559. The van der Waals surface area contributed by atoms with Gasteiger partial charge in [-0.25, -0.2) is 0 Å². The van der Waals surface area contributed by atoms with Crippen LogP contribution in [-0.4, -0.2) is 38.3 Å². The van der Waals surface area contributed by atoms with E-state index in [0.29, 0.717) is 13.2 Å². The Kier molecular flexibility index (Phi) is 7.74. The maximum Gasteiger partial charge on any atom is 0.225 e. The van der Waals surface area contributed by atoms with Gasteiger partial charge in [-0.3, -0.25) is 4.79 Å². The molecule has 1 fully saturated rings. The topological polar surface area (TPSA) is 50.4 Å². The van der Waals surface area contributed by atoms with E-state index in [1.165, 1.54) is 0 Å². The maximum absolute atomic E-state index is 11.6. The fourth-order valence-corrected chi connectivity index (χ4v) is 1.31. The highest BCUT2D eigenvalue weighted by Gasteiger charge is 2.26. The van der Waals surface area contributed by atoms with Gasteiger partial charge in [-0.15, -0.1) is 12.4 Å². The van der Waals surface area contributed by atoms with E-state index < -0.39 is 0 Å². The van der Waals surface area contributed by atoms with Crippen LogP contribution in [0.2, 0.25) is 0 Å². The summed E-state index contributed by atoms with van der Waals surface area (Å²) < 4.78 is 5.29. The largest absolute Gasteiger partial charge is 0.380 e. The Morgan fingerprint density at radius 3 is 2.60 bits per heavy atom. The molecule has 0 aromatic heterocycles. The van der Waals surface area contributed by atoms with Crippen LogP contribution in [-0.2, 0) is 9.53 Å². The van der Waals surface area contributed by atoms with Gasteiger partial charge in [0, 0.05) is 19.7 Å². The lowest BCUT2D eigenvalue weighted by Crippen LogP contribution is -2.53. The molecule has 1 aliphatic rings. The maximum atomic E-state index is 11.6. The molecule has 1 rings (SSSR count). The van der Waals surface area contributed by atoms with Gasteiger partial charge in [0.25, 0.3) is 0 Å². The second-order valence-corrected chi connectivity index (χ2v) is 3.63. The van der Waals surface area contributed by atoms with Crippen molar-refractivity contribution in [3.05, 3.63) is 0 Å². The second kappa shape index (κ2) is 7.91. The lowest BCUT2D eigenvalue weighted by Gasteiger charge is -2.28. The number of rotatable bonds is 6. The van der Waals surface area contributed by atoms with E-state index in [4.69, 9.17) is 4.74 Å². The number of hydrogen-bond donors (Lipinski definition) is 2. The third kappa shape index (κ3) is 4.82. The van der Waals surface area contributed by atoms with Crippen LogP contribution in [0, 0.1) is 5.92 Å². The minimum Gasteiger partial charge on any atom is -0.380 e. The van der Waals surface area contributed by atoms with E-state index in [0.717, 1.165) is 19.5 Å². The lowest BCUT2D eigenvalue weighted by molar-refractivity contribution is -0.127. The summed E-state index contributed by atoms with van der Waals surface area (Å²) in [5.74, 6) is 0.334. The number of ether oxygens (including phenoxy) is 1. The summed E-state index contributed by atoms with van der Waals surface area (Å²) in [6, 6.07) is 0.169. The molecule has 1 aliphatic heterocycles. The number of halogens is 1. The minimum absolute atomic E-state index is 0. The van der Waals surface area contributed by atoms with Crippen LogP contribution in [0.1, 0.15) is 20.3 Å². The Bertz CT molecular complexity index is 186. The smallest absolute Gasteiger partial charge is 0.225 e. The van der Waals surface area contributed by atoms with Crippen LogP contribution in [0.4, 0.5) is 0 Å². The fraction of sp³-hybridized carbons (Fsp3) is 0.900. The molecule has 4 nitrogen and oxygen atoms in total. The Morgan fingerprint density at radius 1 is 1.53 bits per heavy atom. The lowest BCUT2D eigenvalue weighted by atomic mass is 10.0. The van der Waals surface area contributed by atoms with Crippen molar-refractivity contribution in [2.75, 3.05) is 26.3 Å². The number of hydrogen-bond acceptors (Lipinski definition) is 3. The van der Waals surface area contributed by atoms with Gasteiger partial charge in [0.15, 0.2) is 0 Å². The molecule has 0 aromatic rings. The summed E-state index contributed by atoms with van der Waals surface area (Å²) in [4.78, 5) is 11.6. The summed E-state index contributed by atoms with van der Waals surface area (Å²) in [7, 11) is 0. The van der Waals surface area contributed by atoms with E-state index in [1.807, 2.05) is 6.92 Å². The molecule has 0 radical (unpaired) electrons. The predicted molar refractivity (Wildman–Crippen MR) is 62.3 cm³/mol. The molecule has 2 N–H and O–H groups in total. The Labute approximate surface area is 97.5 Å². The van der Waals surface area contributed by atoms with Crippen LogP contribution in [0.3, 0.4) is 0 Å². The van der Waals surface area contributed by atoms with Gasteiger partial charge in [0.1, 0.15) is 0 Å². The normalized spacial score (nSPS) is 17.5. The molecule has 0 aromatic carbocycles. The van der Waals surface area contributed by atoms with Crippen LogP contribution >= 0.6 is 12.4 Å². The van der Waals surface area contributed by atoms with Crippen LogP contribution in [0.5, 0.6) is 0 Å². The molecule has 15 heavy (non-hydrogen) atoms. The molecule has 0 spiro atoms. The van der Waals surface area contributed by atoms with Crippen molar-refractivity contribution < 1.29 is 9.53 Å². The van der Waals surface area contributed by atoms with Crippen molar-refractivity contribution >= 4 is 18.3 Å². The van der Waals surface area contributed by atoms with Gasteiger partial charge in [0.2, 0.25) is 5.91 Å². The molecule has 1 heterocycles. The highest BCUT2D eigenvalue weighted by molar-refractivity contribution is 5.85. The van der Waals surface area contributed by atoms with Crippen LogP contribution < -0.4 is 10.6 Å². The van der Waals surface area contributed by atoms with Gasteiger partial charge in [-0.2, -0.15) is 0 Å². The quantitative estimate of drug-likeness (QED) is 0.709. The first-order chi connectivity index (χ1) is 6.77. The Hall–Kier alpha value is -0.320. The molecular formula is C10H21ClN2O2. The van der Waals surface area contributed by atoms with Gasteiger partial charge < -0.3 is 15.4 Å². The number of carbonyl (C=O) groups excluding carboxylic acids is 1. The average molecular weight is 237 g/mol. The number of carbonyl (C=O) groups is 1. The van der Waals surface area contributed by atoms with Crippen molar-refractivity contribution in [3.63, 3.8) is 0 Å². The summed E-state index contributed by atoms with van der Waals surface area (Å²) in [5.41, 5.74) is 0. The molecule has 0 aliphatic carbocycles. The molecule has 90 valence electrons. The number of amides is 1. The Morgan fingerprint density at radius 2 is 2.20 bits per heavy atom. The van der Waals surface area contributed by atoms with E-state index in [-0.39, 0.29) is 30.3 Å². The molecular weight excluding hydrogens is 216 g/mol. The van der Waals surface area contributed by atoms with Crippen molar-refractivity contribution in [2.24, 2.45) is 5.92 Å². The highest BCUT2D eigenvalue weighted by Crippen LogP contribution is 2.03. The zero-order chi connectivity index (χ0) is 10.4. The zero-order valence-electron chi connectivity index (χ0n) is 9.41. The van der Waals surface area contributed by atoms with Gasteiger partial charge >= 0.3 is 0 Å². The standard InChI is InChI=1S/C10H20N2O2.ClH/c1-3-9(7-14-4-2)12-10(13)8-5-11-6-8;/h8-9,11H,3-7H2,1-2H3,(H,12,13);1H/t9-;/m0./s1. The highest BCUT2D eigenvalue weighted by atomic mass is 35.5. The summed E-state index contributed by atoms with van der Waals surface area (Å²) in [5, 5.41) is 6.08. The van der Waals surface area contributed by atoms with Gasteiger partial charge in [-0.05, 0) is 13.3 Å². The molecule has 0 saturated carbocycles. The molecule has 1 atom stereocenters. The summed E-state index contributed by atoms with van der Waals surface area (Å²) in [6.45, 7) is 6.98. The molecule has 1 saturated heterocycles. The number of nitrogens with one attached hydrogen (secondary N) is 2. The molecule has 5 heteroatoms. The van der Waals surface area contributed by atoms with Crippen molar-refractivity contribution in [2.45, 2.75) is 26.3 Å². The molecule has 0 unspecified atom stereocenters. The monoisotopic (exact) mass is 236 g/mol. The SMILES string of the molecule is CCOC[C@H](CC)NC(=O)C1CNC1.Cl. The third-order valence-corrected chi connectivity index (χ3v) is 2.51. The molecule has 1 amide bonds. The average Bonchev–Trinajstić information content (AvgIpc) is 2.09. The fourth-order valence-electron chi connectivity index (χ4n) is 1.31. The first-order valence-corrected chi connectivity index (χ1v) is 5.36. The van der Waals surface area contributed by atoms with Crippen molar-refractivity contribution in [1.29, 1.82) is 0 Å². The third-order valence-electron chi connectivity index (χ3n) is 2.51. The van der Waals surface area contributed by atoms with Crippen LogP contribution in [0.15, 0.2) is 0 Å². The first kappa shape index (κ1) is 14.7. The van der Waals surface area contributed by atoms with E-state index in [2.05, 4.69) is 17.6 Å². The molecule has 0 bridgehead atoms. The first-order valence-electron chi connectivity index (χ1n) is 5.36. The Balaban J connectivity index is 0.00000196.